The van der Waals surface area contributed by atoms with Gasteiger partial charge in [0.1, 0.15) is 12.1 Å². The minimum absolute atomic E-state index is 0.000197. The minimum atomic E-state index is -3.60. The number of rotatable bonds is 13. The van der Waals surface area contributed by atoms with Crippen LogP contribution in [0.2, 0.25) is 0 Å². The van der Waals surface area contributed by atoms with Crippen LogP contribution in [-0.4, -0.2) is 78.8 Å². The molecule has 1 aromatic carbocycles. The lowest BCUT2D eigenvalue weighted by Crippen LogP contribution is -2.66. The number of nitrogens with one attached hydrogen (secondary N) is 3. The second-order valence-corrected chi connectivity index (χ2v) is 18.9. The third-order valence-electron chi connectivity index (χ3n) is 10.9. The normalized spacial score (nSPS) is 23.2. The van der Waals surface area contributed by atoms with E-state index < -0.39 is 68.5 Å². The highest BCUT2D eigenvalue weighted by atomic mass is 32.2. The van der Waals surface area contributed by atoms with Crippen LogP contribution in [0.3, 0.4) is 0 Å². The Morgan fingerprint density at radius 3 is 2.16 bits per heavy atom. The molecule has 0 spiro atoms. The quantitative estimate of drug-likeness (QED) is 0.225. The van der Waals surface area contributed by atoms with E-state index in [9.17, 15) is 32.4 Å². The Balaban J connectivity index is 1.55. The van der Waals surface area contributed by atoms with Gasteiger partial charge in [0, 0.05) is 6.54 Å². The summed E-state index contributed by atoms with van der Waals surface area (Å²) in [4.78, 5) is 68.3. The molecule has 50 heavy (non-hydrogen) atoms. The number of carbonyl (C=O) groups excluding carboxylic acids is 5. The zero-order valence-corrected chi connectivity index (χ0v) is 31.4. The first kappa shape index (κ1) is 39.3. The first-order valence-corrected chi connectivity index (χ1v) is 19.8. The maximum absolute atomic E-state index is 14.5. The lowest BCUT2D eigenvalue weighted by molar-refractivity contribution is -0.151. The third-order valence-corrected chi connectivity index (χ3v) is 12.7. The largest absolute Gasteiger partial charge is 0.363 e. The molecule has 2 saturated carbocycles. The van der Waals surface area contributed by atoms with Crippen LogP contribution in [-0.2, 0) is 34.8 Å². The van der Waals surface area contributed by atoms with E-state index in [1.807, 2.05) is 47.6 Å². The number of piperidine rings is 1. The molecular formula is C37H57N5O7S. The fourth-order valence-corrected chi connectivity index (χ4v) is 9.38. The molecule has 278 valence electrons. The van der Waals surface area contributed by atoms with Crippen molar-refractivity contribution < 1.29 is 32.4 Å². The molecule has 12 nitrogen and oxygen atoms in total. The third kappa shape index (κ3) is 10.3. The van der Waals surface area contributed by atoms with E-state index in [-0.39, 0.29) is 35.3 Å². The van der Waals surface area contributed by atoms with Crippen molar-refractivity contribution in [3.8, 4) is 0 Å². The number of nitrogens with zero attached hydrogens (tertiary/aromatic N) is 1. The maximum atomic E-state index is 14.5. The van der Waals surface area contributed by atoms with Gasteiger partial charge in [-0.2, -0.15) is 0 Å². The average Bonchev–Trinajstić information content (AvgIpc) is 3.83. The molecule has 5 amide bonds. The van der Waals surface area contributed by atoms with Crippen molar-refractivity contribution >= 4 is 39.4 Å². The summed E-state index contributed by atoms with van der Waals surface area (Å²) in [5.41, 5.74) is 3.88. The van der Waals surface area contributed by atoms with Gasteiger partial charge in [0.2, 0.25) is 17.6 Å². The van der Waals surface area contributed by atoms with Crippen LogP contribution in [0.25, 0.3) is 0 Å². The summed E-state index contributed by atoms with van der Waals surface area (Å²) >= 11 is 0. The fourth-order valence-electron chi connectivity index (χ4n) is 7.37. The highest BCUT2D eigenvalue weighted by molar-refractivity contribution is 7.90. The Hall–Kier alpha value is -3.48. The number of benzene rings is 1. The number of ketones is 1. The molecule has 13 heteroatoms. The van der Waals surface area contributed by atoms with E-state index in [2.05, 4.69) is 16.0 Å². The van der Waals surface area contributed by atoms with E-state index in [4.69, 9.17) is 5.73 Å². The Bertz CT molecular complexity index is 1530. The number of hydrogen-bond acceptors (Lipinski definition) is 7. The minimum Gasteiger partial charge on any atom is -0.363 e. The molecule has 0 bridgehead atoms. The van der Waals surface area contributed by atoms with Crippen molar-refractivity contribution in [2.75, 3.05) is 12.3 Å². The van der Waals surface area contributed by atoms with Crippen molar-refractivity contribution in [1.82, 2.24) is 20.9 Å². The van der Waals surface area contributed by atoms with E-state index >= 15 is 0 Å². The summed E-state index contributed by atoms with van der Waals surface area (Å²) in [6.07, 6.45) is 5.87. The SMILES string of the molecule is CC1CN(C(=O)[C@@H](NC(=O)NC2(CS(=O)(=O)Cc3ccccc3)CCCCC2)C(C)(C)C)[C@H](C(=O)NC(CC2CC2)C(=O)C(N)=O)CC1(C)C. The molecule has 2 unspecified atom stereocenters. The van der Waals surface area contributed by atoms with Gasteiger partial charge in [0.05, 0.1) is 23.1 Å². The molecule has 4 atom stereocenters. The fraction of sp³-hybridized carbons (Fsp3) is 0.703. The first-order chi connectivity index (χ1) is 23.2. The predicted octanol–water partition coefficient (Wildman–Crippen LogP) is 3.62. The monoisotopic (exact) mass is 715 g/mol. The number of nitrogens with two attached hydrogens (primary N) is 1. The Kier molecular flexibility index (Phi) is 12.1. The van der Waals surface area contributed by atoms with Crippen LogP contribution in [0, 0.1) is 22.7 Å². The predicted molar refractivity (Wildman–Crippen MR) is 191 cm³/mol. The van der Waals surface area contributed by atoms with Crippen molar-refractivity contribution in [1.29, 1.82) is 0 Å². The lowest BCUT2D eigenvalue weighted by atomic mass is 9.71. The van der Waals surface area contributed by atoms with Gasteiger partial charge in [-0.25, -0.2) is 13.2 Å². The number of carbonyl (C=O) groups is 5. The van der Waals surface area contributed by atoms with Crippen LogP contribution < -0.4 is 21.7 Å². The first-order valence-electron chi connectivity index (χ1n) is 18.0. The standard InChI is InChI=1S/C37H57N5O7S/c1-24-21-42(28(20-36(24,5)6)32(45)39-27(19-25-15-16-25)29(43)31(38)44)33(46)30(35(2,3)4)40-34(47)41-37(17-11-8-12-18-37)23-50(48,49)22-26-13-9-7-10-14-26/h7,9-10,13-14,24-25,27-28,30H,8,11-12,15-23H2,1-6H3,(H2,38,44)(H,39,45)(H2,40,41,47)/t24?,27?,28-,30+/m0/s1. The van der Waals surface area contributed by atoms with Crippen molar-refractivity contribution in [3.05, 3.63) is 35.9 Å². The van der Waals surface area contributed by atoms with Gasteiger partial charge in [0.25, 0.3) is 5.91 Å². The van der Waals surface area contributed by atoms with Crippen LogP contribution in [0.4, 0.5) is 4.79 Å². The van der Waals surface area contributed by atoms with E-state index in [0.717, 1.165) is 32.1 Å². The second kappa shape index (κ2) is 15.4. The van der Waals surface area contributed by atoms with Crippen LogP contribution in [0.15, 0.2) is 30.3 Å². The molecule has 1 saturated heterocycles. The number of primary amides is 1. The van der Waals surface area contributed by atoms with Crippen molar-refractivity contribution in [3.63, 3.8) is 0 Å². The van der Waals surface area contributed by atoms with E-state index in [1.165, 1.54) is 4.90 Å². The van der Waals surface area contributed by atoms with Crippen LogP contribution >= 0.6 is 0 Å². The molecule has 4 rings (SSSR count). The number of likely N-dealkylation sites (tertiary alicyclic amines) is 1. The highest BCUT2D eigenvalue weighted by Crippen LogP contribution is 2.40. The molecule has 5 N–H and O–H groups in total. The lowest BCUT2D eigenvalue weighted by Gasteiger charge is -2.49. The molecule has 0 aromatic heterocycles. The maximum Gasteiger partial charge on any atom is 0.315 e. The molecular weight excluding hydrogens is 659 g/mol. The molecule has 3 aliphatic rings. The highest BCUT2D eigenvalue weighted by Gasteiger charge is 2.48. The van der Waals surface area contributed by atoms with Gasteiger partial charge in [-0.3, -0.25) is 19.2 Å². The van der Waals surface area contributed by atoms with Gasteiger partial charge >= 0.3 is 6.03 Å². The summed E-state index contributed by atoms with van der Waals surface area (Å²) < 4.78 is 26.9. The molecule has 3 fully saturated rings. The zero-order valence-electron chi connectivity index (χ0n) is 30.5. The second-order valence-electron chi connectivity index (χ2n) is 16.8. The molecule has 1 aliphatic heterocycles. The van der Waals surface area contributed by atoms with Crippen LogP contribution in [0.5, 0.6) is 0 Å². The smallest absolute Gasteiger partial charge is 0.315 e. The topological polar surface area (TPSA) is 185 Å². The molecule has 2 aliphatic carbocycles. The van der Waals surface area contributed by atoms with Gasteiger partial charge in [0.15, 0.2) is 9.84 Å². The molecule has 1 aromatic rings. The average molecular weight is 716 g/mol. The number of Topliss-reactive ketones (excluding diaryl/α,β-unsaturated/α-hetero) is 1. The summed E-state index contributed by atoms with van der Waals surface area (Å²) in [5, 5.41) is 8.64. The number of urea groups is 1. The number of hydrogen-bond donors (Lipinski definition) is 4. The van der Waals surface area contributed by atoms with Crippen LogP contribution in [0.1, 0.15) is 105 Å². The summed E-state index contributed by atoms with van der Waals surface area (Å²) in [6.45, 7) is 11.8. The van der Waals surface area contributed by atoms with Crippen molar-refractivity contribution in [2.24, 2.45) is 28.4 Å². The number of amides is 5. The summed E-state index contributed by atoms with van der Waals surface area (Å²) in [5.74, 6) is -3.11. The van der Waals surface area contributed by atoms with Gasteiger partial charge in [-0.05, 0) is 53.9 Å². The number of sulfone groups is 1. The Morgan fingerprint density at radius 2 is 1.60 bits per heavy atom. The van der Waals surface area contributed by atoms with E-state index in [0.29, 0.717) is 31.2 Å². The Morgan fingerprint density at radius 1 is 0.980 bits per heavy atom. The van der Waals surface area contributed by atoms with Gasteiger partial charge < -0.3 is 26.6 Å². The summed E-state index contributed by atoms with van der Waals surface area (Å²) in [7, 11) is -3.60. The molecule has 1 heterocycles. The summed E-state index contributed by atoms with van der Waals surface area (Å²) in [6, 6.07) is 5.21. The van der Waals surface area contributed by atoms with Gasteiger partial charge in [-0.15, -0.1) is 0 Å². The van der Waals surface area contributed by atoms with E-state index in [1.54, 1.807) is 24.3 Å². The van der Waals surface area contributed by atoms with Crippen molar-refractivity contribution in [2.45, 2.75) is 129 Å². The Labute approximate surface area is 297 Å². The zero-order chi connectivity index (χ0) is 37.1. The van der Waals surface area contributed by atoms with Gasteiger partial charge in [-0.1, -0.05) is 104 Å². The molecule has 0 radical (unpaired) electrons.